The Morgan fingerprint density at radius 1 is 0.560 bits per heavy atom. The van der Waals surface area contributed by atoms with Crippen molar-refractivity contribution >= 4 is 70.5 Å². The second-order valence-electron chi connectivity index (χ2n) is 23.8. The van der Waals surface area contributed by atoms with Gasteiger partial charge in [0, 0.05) is 77.3 Å². The number of ether oxygens (including phenoxy) is 6. The van der Waals surface area contributed by atoms with Crippen molar-refractivity contribution in [2.45, 2.75) is 130 Å². The summed E-state index contributed by atoms with van der Waals surface area (Å²) in [5.41, 5.74) is 13.7. The summed E-state index contributed by atoms with van der Waals surface area (Å²) in [7, 11) is 2.90. The highest BCUT2D eigenvalue weighted by atomic mass is 35.5. The van der Waals surface area contributed by atoms with Crippen LogP contribution in [0.3, 0.4) is 0 Å². The number of nitrogens with two attached hydrogens (primary N) is 2. The Hall–Kier alpha value is -6.22. The molecule has 466 valence electrons. The topological polar surface area (TPSA) is 247 Å². The number of aryl methyl sites for hydroxylation is 2. The fourth-order valence-corrected chi connectivity index (χ4v) is 10.3. The Morgan fingerprint density at radius 3 is 1.24 bits per heavy atom. The van der Waals surface area contributed by atoms with Crippen molar-refractivity contribution in [3.63, 3.8) is 0 Å². The van der Waals surface area contributed by atoms with Crippen molar-refractivity contribution in [2.75, 3.05) is 117 Å². The van der Waals surface area contributed by atoms with Crippen molar-refractivity contribution in [1.29, 1.82) is 0 Å². The van der Waals surface area contributed by atoms with E-state index in [1.54, 1.807) is 9.80 Å². The zero-order valence-electron chi connectivity index (χ0n) is 50.8. The van der Waals surface area contributed by atoms with Gasteiger partial charge in [0.2, 0.25) is 11.8 Å². The van der Waals surface area contributed by atoms with Crippen molar-refractivity contribution in [3.8, 4) is 11.5 Å². The van der Waals surface area contributed by atoms with Crippen LogP contribution < -0.4 is 31.6 Å². The van der Waals surface area contributed by atoms with E-state index in [9.17, 15) is 28.8 Å². The zero-order valence-corrected chi connectivity index (χ0v) is 52.3. The van der Waals surface area contributed by atoms with Crippen LogP contribution in [0, 0.1) is 11.8 Å². The van der Waals surface area contributed by atoms with Gasteiger partial charge in [-0.25, -0.2) is 19.2 Å². The van der Waals surface area contributed by atoms with Gasteiger partial charge in [-0.05, 0) is 167 Å². The number of nitrogen functional groups attached to an aromatic ring is 2. The van der Waals surface area contributed by atoms with Gasteiger partial charge in [0.15, 0.2) is 0 Å². The highest BCUT2D eigenvalue weighted by Gasteiger charge is 2.27. The monoisotopic (exact) mass is 1210 g/mol. The lowest BCUT2D eigenvalue weighted by molar-refractivity contribution is -0.122. The minimum absolute atomic E-state index is 0.0484. The highest BCUT2D eigenvalue weighted by Crippen LogP contribution is 2.31. The summed E-state index contributed by atoms with van der Waals surface area (Å²) in [6.45, 7) is 18.9. The van der Waals surface area contributed by atoms with Crippen molar-refractivity contribution in [2.24, 2.45) is 11.8 Å². The molecular weight excluding hydrogens is 1120 g/mol. The molecular formula is C62H92Cl2N8O12. The van der Waals surface area contributed by atoms with Gasteiger partial charge in [-0.1, -0.05) is 47.5 Å². The van der Waals surface area contributed by atoms with Gasteiger partial charge in [-0.2, -0.15) is 0 Å². The van der Waals surface area contributed by atoms with Crippen molar-refractivity contribution in [1.82, 2.24) is 30.2 Å². The lowest BCUT2D eigenvalue weighted by Crippen LogP contribution is -2.40. The van der Waals surface area contributed by atoms with E-state index in [0.717, 1.165) is 75.8 Å². The number of anilines is 2. The highest BCUT2D eigenvalue weighted by molar-refractivity contribution is 6.34. The number of amides is 4. The second-order valence-corrected chi connectivity index (χ2v) is 24.6. The molecule has 22 heteroatoms. The van der Waals surface area contributed by atoms with Gasteiger partial charge in [0.25, 0.3) is 0 Å². The van der Waals surface area contributed by atoms with Gasteiger partial charge in [0.1, 0.15) is 47.0 Å². The van der Waals surface area contributed by atoms with Crippen LogP contribution in [0.15, 0.2) is 48.5 Å². The first-order valence-corrected chi connectivity index (χ1v) is 30.3. The second kappa shape index (κ2) is 34.1. The third-order valence-corrected chi connectivity index (χ3v) is 15.4. The maximum absolute atomic E-state index is 13.3. The average Bonchev–Trinajstić information content (AvgIpc) is 3.51. The van der Waals surface area contributed by atoms with Crippen LogP contribution in [-0.2, 0) is 41.4 Å². The molecule has 0 spiro atoms. The number of piperidine rings is 2. The van der Waals surface area contributed by atoms with Crippen molar-refractivity contribution in [3.05, 3.63) is 80.8 Å². The first kappa shape index (κ1) is 68.6. The summed E-state index contributed by atoms with van der Waals surface area (Å²) in [6, 6.07) is 14.3. The van der Waals surface area contributed by atoms with Gasteiger partial charge in [-0.3, -0.25) is 19.4 Å². The molecule has 2 aliphatic heterocycles. The molecule has 6 N–H and O–H groups in total. The number of nitrogens with zero attached hydrogens (tertiary/aromatic N) is 4. The van der Waals surface area contributed by atoms with E-state index in [2.05, 4.69) is 44.7 Å². The Kier molecular flexibility index (Phi) is 27.8. The third kappa shape index (κ3) is 24.4. The van der Waals surface area contributed by atoms with E-state index in [1.807, 2.05) is 41.5 Å². The molecule has 0 saturated carbocycles. The van der Waals surface area contributed by atoms with Gasteiger partial charge in [0.05, 0.1) is 35.6 Å². The first-order chi connectivity index (χ1) is 39.9. The standard InChI is InChI=1S/C62H92Cl2N8O12/c1-61(2,3)83-59(77)71(27-11-15-55(73)67-41-45-21-29-69(30-22-45)33-35-81-57(75)47-37-49(63)51(65)39-53(47)79-7)25-9-13-43-17-19-44(20-18-43)14-10-26-72(60(78)84-62(4,5)6)28-12-16-56(74)68-42-46-23-31-70(32-24-46)34-36-82-58(76)48-38-50(64)52(66)40-54(48)80-8/h17-20,37-40,45-46H,9-16,21-36,41-42,65-66H2,1-8H3,(H,67,73)(H,68,74). The number of likely N-dealkylation sites (tertiary alicyclic amines) is 2. The number of nitrogens with one attached hydrogen (secondary N) is 2. The Balaban J connectivity index is 0.955. The van der Waals surface area contributed by atoms with E-state index in [0.29, 0.717) is 113 Å². The number of carbonyl (C=O) groups excluding carboxylic acids is 6. The summed E-state index contributed by atoms with van der Waals surface area (Å²) in [4.78, 5) is 85.8. The molecule has 4 amide bonds. The largest absolute Gasteiger partial charge is 0.496 e. The Bertz CT molecular complexity index is 2440. The number of esters is 2. The lowest BCUT2D eigenvalue weighted by atomic mass is 9.97. The van der Waals surface area contributed by atoms with E-state index >= 15 is 0 Å². The van der Waals surface area contributed by atoms with Gasteiger partial charge in [-0.15, -0.1) is 0 Å². The van der Waals surface area contributed by atoms with Crippen molar-refractivity contribution < 1.29 is 57.2 Å². The molecule has 0 aliphatic carbocycles. The average molecular weight is 1210 g/mol. The molecule has 84 heavy (non-hydrogen) atoms. The maximum Gasteiger partial charge on any atom is 0.410 e. The number of rotatable bonds is 30. The van der Waals surface area contributed by atoms with E-state index in [4.69, 9.17) is 63.1 Å². The molecule has 2 saturated heterocycles. The molecule has 2 fully saturated rings. The molecule has 5 rings (SSSR count). The molecule has 3 aromatic rings. The minimum Gasteiger partial charge on any atom is -0.496 e. The number of methoxy groups -OCH3 is 2. The van der Waals surface area contributed by atoms with Crippen LogP contribution in [0.25, 0.3) is 0 Å². The fraction of sp³-hybridized carbons (Fsp3) is 0.613. The molecule has 0 bridgehead atoms. The summed E-state index contributed by atoms with van der Waals surface area (Å²) >= 11 is 12.2. The number of halogens is 2. The number of hydrogen-bond acceptors (Lipinski definition) is 16. The minimum atomic E-state index is -0.664. The molecule has 0 atom stereocenters. The quantitative estimate of drug-likeness (QED) is 0.0276. The van der Waals surface area contributed by atoms with E-state index in [1.165, 1.54) is 38.5 Å². The van der Waals surface area contributed by atoms with Crippen LogP contribution in [0.5, 0.6) is 11.5 Å². The third-order valence-electron chi connectivity index (χ3n) is 14.7. The SMILES string of the molecule is COc1cc(N)c(Cl)cc1C(=O)OCCN1CCC(CNC(=O)CCCN(CCCc2ccc(CCCN(CCCC(=O)NCC3CCN(CCOC(=O)c4cc(Cl)c(N)cc4OC)CC3)C(=O)OC(C)(C)C)cc2)C(=O)OC(C)(C)C)CC1. The Morgan fingerprint density at radius 2 is 0.905 bits per heavy atom. The number of benzene rings is 3. The van der Waals surface area contributed by atoms with Crippen LogP contribution in [0.4, 0.5) is 21.0 Å². The van der Waals surface area contributed by atoms with Crippen LogP contribution in [-0.4, -0.2) is 173 Å². The van der Waals surface area contributed by atoms with Gasteiger partial charge >= 0.3 is 24.1 Å². The van der Waals surface area contributed by atoms with E-state index in [-0.39, 0.29) is 59.0 Å². The maximum atomic E-state index is 13.3. The molecule has 0 radical (unpaired) electrons. The van der Waals surface area contributed by atoms with Gasteiger partial charge < -0.3 is 60.3 Å². The summed E-state index contributed by atoms with van der Waals surface area (Å²) in [6.07, 6.45) is 7.32. The molecule has 2 heterocycles. The molecule has 0 unspecified atom stereocenters. The predicted molar refractivity (Wildman–Crippen MR) is 327 cm³/mol. The van der Waals surface area contributed by atoms with Crippen LogP contribution in [0.1, 0.15) is 138 Å². The number of carbonyl (C=O) groups is 6. The van der Waals surface area contributed by atoms with Crippen LogP contribution in [0.2, 0.25) is 10.0 Å². The molecule has 2 aliphatic rings. The van der Waals surface area contributed by atoms with E-state index < -0.39 is 35.3 Å². The lowest BCUT2D eigenvalue weighted by Gasteiger charge is -2.31. The molecule has 20 nitrogen and oxygen atoms in total. The molecule has 3 aromatic carbocycles. The summed E-state index contributed by atoms with van der Waals surface area (Å²) in [5.74, 6) is 0.130. The summed E-state index contributed by atoms with van der Waals surface area (Å²) < 4.78 is 33.1. The zero-order chi connectivity index (χ0) is 61.4. The molecule has 0 aromatic heterocycles. The fourth-order valence-electron chi connectivity index (χ4n) is 9.93. The summed E-state index contributed by atoms with van der Waals surface area (Å²) in [5, 5.41) is 6.70. The number of hydrogen-bond donors (Lipinski definition) is 4. The Labute approximate surface area is 507 Å². The van der Waals surface area contributed by atoms with Crippen LogP contribution >= 0.6 is 23.2 Å². The first-order valence-electron chi connectivity index (χ1n) is 29.5. The predicted octanol–water partition coefficient (Wildman–Crippen LogP) is 9.45. The smallest absolute Gasteiger partial charge is 0.410 e. The normalized spacial score (nSPS) is 14.5.